The highest BCUT2D eigenvalue weighted by atomic mass is 79.9. The lowest BCUT2D eigenvalue weighted by Gasteiger charge is -2.30. The van der Waals surface area contributed by atoms with E-state index in [1.165, 1.54) is 0 Å². The molecule has 0 bridgehead atoms. The van der Waals surface area contributed by atoms with Crippen molar-refractivity contribution in [3.8, 4) is 0 Å². The molecule has 1 aliphatic rings. The van der Waals surface area contributed by atoms with E-state index < -0.39 is 0 Å². The smallest absolute Gasteiger partial charge is 0.338 e. The Morgan fingerprint density at radius 1 is 1.52 bits per heavy atom. The molecule has 21 heavy (non-hydrogen) atoms. The number of thiophene rings is 1. The second kappa shape index (κ2) is 7.38. The van der Waals surface area contributed by atoms with Crippen LogP contribution >= 0.6 is 39.5 Å². The van der Waals surface area contributed by atoms with Crippen molar-refractivity contribution in [1.82, 2.24) is 10.6 Å². The van der Waals surface area contributed by atoms with Gasteiger partial charge in [-0.15, -0.1) is 11.3 Å². The monoisotopic (exact) mass is 388 g/mol. The highest BCUT2D eigenvalue weighted by Crippen LogP contribution is 2.34. The van der Waals surface area contributed by atoms with Crippen LogP contribution in [0.15, 0.2) is 27.2 Å². The number of halogens is 1. The molecule has 0 aromatic carbocycles. The predicted molar refractivity (Wildman–Crippen MR) is 92.2 cm³/mol. The van der Waals surface area contributed by atoms with Gasteiger partial charge in [0.2, 0.25) is 0 Å². The Morgan fingerprint density at radius 3 is 2.86 bits per heavy atom. The fourth-order valence-electron chi connectivity index (χ4n) is 2.21. The van der Waals surface area contributed by atoms with Gasteiger partial charge in [-0.3, -0.25) is 0 Å². The van der Waals surface area contributed by atoms with Gasteiger partial charge in [-0.1, -0.05) is 13.3 Å². The van der Waals surface area contributed by atoms with Gasteiger partial charge in [0.25, 0.3) is 0 Å². The summed E-state index contributed by atoms with van der Waals surface area (Å²) in [5.41, 5.74) is 1.48. The number of esters is 1. The average molecular weight is 389 g/mol. The molecule has 1 aliphatic heterocycles. The lowest BCUT2D eigenvalue weighted by Crippen LogP contribution is -2.45. The Bertz CT molecular complexity index is 583. The minimum Gasteiger partial charge on any atom is -0.463 e. The molecule has 2 heterocycles. The van der Waals surface area contributed by atoms with Crippen molar-refractivity contribution in [2.75, 3.05) is 6.61 Å². The average Bonchev–Trinajstić information content (AvgIpc) is 2.85. The minimum atomic E-state index is -0.294. The normalized spacial score (nSPS) is 18.2. The fourth-order valence-corrected chi connectivity index (χ4v) is 3.95. The van der Waals surface area contributed by atoms with Crippen LogP contribution in [0.4, 0.5) is 0 Å². The van der Waals surface area contributed by atoms with E-state index in [0.717, 1.165) is 27.9 Å². The maximum Gasteiger partial charge on any atom is 0.338 e. The van der Waals surface area contributed by atoms with Crippen molar-refractivity contribution in [2.24, 2.45) is 0 Å². The summed E-state index contributed by atoms with van der Waals surface area (Å²) in [5.74, 6) is -0.294. The topological polar surface area (TPSA) is 50.4 Å². The van der Waals surface area contributed by atoms with Gasteiger partial charge in [0, 0.05) is 20.4 Å². The molecule has 7 heteroatoms. The molecule has 0 amide bonds. The van der Waals surface area contributed by atoms with Crippen molar-refractivity contribution >= 4 is 50.6 Å². The van der Waals surface area contributed by atoms with Crippen LogP contribution in [0.5, 0.6) is 0 Å². The van der Waals surface area contributed by atoms with E-state index in [1.54, 1.807) is 11.3 Å². The van der Waals surface area contributed by atoms with Crippen molar-refractivity contribution in [3.63, 3.8) is 0 Å². The summed E-state index contributed by atoms with van der Waals surface area (Å²) in [4.78, 5) is 13.4. The van der Waals surface area contributed by atoms with Gasteiger partial charge in [0.15, 0.2) is 5.11 Å². The first-order chi connectivity index (χ1) is 10.1. The molecule has 4 nitrogen and oxygen atoms in total. The van der Waals surface area contributed by atoms with Crippen LogP contribution in [-0.4, -0.2) is 17.7 Å². The van der Waals surface area contributed by atoms with E-state index in [1.807, 2.05) is 18.4 Å². The van der Waals surface area contributed by atoms with Crippen LogP contribution in [-0.2, 0) is 9.53 Å². The van der Waals surface area contributed by atoms with E-state index in [4.69, 9.17) is 17.0 Å². The Kier molecular flexibility index (Phi) is 5.78. The largest absolute Gasteiger partial charge is 0.463 e. The van der Waals surface area contributed by atoms with E-state index in [0.29, 0.717) is 17.3 Å². The first-order valence-electron chi connectivity index (χ1n) is 6.78. The van der Waals surface area contributed by atoms with Crippen LogP contribution in [0.25, 0.3) is 0 Å². The van der Waals surface area contributed by atoms with Gasteiger partial charge < -0.3 is 15.4 Å². The summed E-state index contributed by atoms with van der Waals surface area (Å²) in [7, 11) is 0. The molecule has 1 aromatic heterocycles. The van der Waals surface area contributed by atoms with E-state index in [-0.39, 0.29) is 12.0 Å². The molecule has 114 valence electrons. The summed E-state index contributed by atoms with van der Waals surface area (Å²) >= 11 is 10.3. The van der Waals surface area contributed by atoms with Crippen LogP contribution in [0.2, 0.25) is 0 Å². The number of ether oxygens (including phenoxy) is 1. The summed E-state index contributed by atoms with van der Waals surface area (Å²) < 4.78 is 6.22. The standard InChI is InChI=1S/C14H17BrN2O2S2/c1-3-5-9-11(13(18)19-4-2)12(17-14(20)16-9)10-6-8(15)7-21-10/h6-7,12H,3-5H2,1-2H3,(H2,16,17,20)/t12-/m1/s1. The summed E-state index contributed by atoms with van der Waals surface area (Å²) in [6, 6.07) is 1.75. The lowest BCUT2D eigenvalue weighted by atomic mass is 9.99. The van der Waals surface area contributed by atoms with E-state index in [2.05, 4.69) is 33.5 Å². The van der Waals surface area contributed by atoms with Crippen molar-refractivity contribution < 1.29 is 9.53 Å². The van der Waals surface area contributed by atoms with Crippen molar-refractivity contribution in [3.05, 3.63) is 32.1 Å². The van der Waals surface area contributed by atoms with Gasteiger partial charge in [-0.05, 0) is 47.6 Å². The molecular formula is C14H17BrN2O2S2. The summed E-state index contributed by atoms with van der Waals surface area (Å²) in [5, 5.41) is 8.81. The third-order valence-corrected chi connectivity index (χ3v) is 5.00. The zero-order chi connectivity index (χ0) is 15.4. The first-order valence-corrected chi connectivity index (χ1v) is 8.86. The molecular weight excluding hydrogens is 372 g/mol. The zero-order valence-corrected chi connectivity index (χ0v) is 15.1. The fraction of sp³-hybridized carbons (Fsp3) is 0.429. The second-order valence-electron chi connectivity index (χ2n) is 4.56. The van der Waals surface area contributed by atoms with Gasteiger partial charge >= 0.3 is 5.97 Å². The number of nitrogens with one attached hydrogen (secondary N) is 2. The SMILES string of the molecule is CCCC1=C(C(=O)OCC)[C@@H](c2cc(Br)cs2)NC(=S)N1. The summed E-state index contributed by atoms with van der Waals surface area (Å²) in [6.45, 7) is 4.23. The highest BCUT2D eigenvalue weighted by molar-refractivity contribution is 9.10. The number of hydrogen-bond acceptors (Lipinski definition) is 4. The van der Waals surface area contributed by atoms with Gasteiger partial charge in [0.1, 0.15) is 0 Å². The molecule has 0 saturated carbocycles. The predicted octanol–water partition coefficient (Wildman–Crippen LogP) is 3.65. The molecule has 0 fully saturated rings. The van der Waals surface area contributed by atoms with Crippen LogP contribution in [0.1, 0.15) is 37.6 Å². The number of allylic oxidation sites excluding steroid dienone is 1. The third kappa shape index (κ3) is 3.84. The molecule has 2 N–H and O–H groups in total. The maximum absolute atomic E-state index is 12.4. The molecule has 0 unspecified atom stereocenters. The van der Waals surface area contributed by atoms with Crippen molar-refractivity contribution in [1.29, 1.82) is 0 Å². The van der Waals surface area contributed by atoms with Gasteiger partial charge in [-0.2, -0.15) is 0 Å². The van der Waals surface area contributed by atoms with Crippen molar-refractivity contribution in [2.45, 2.75) is 32.7 Å². The third-order valence-electron chi connectivity index (χ3n) is 3.02. The Hall–Kier alpha value is -0.920. The molecule has 0 spiro atoms. The zero-order valence-electron chi connectivity index (χ0n) is 11.9. The quantitative estimate of drug-likeness (QED) is 0.595. The van der Waals surface area contributed by atoms with E-state index in [9.17, 15) is 4.79 Å². The number of carbonyl (C=O) groups is 1. The van der Waals surface area contributed by atoms with Crippen LogP contribution in [0, 0.1) is 0 Å². The highest BCUT2D eigenvalue weighted by Gasteiger charge is 2.32. The Morgan fingerprint density at radius 2 is 2.29 bits per heavy atom. The van der Waals surface area contributed by atoms with Crippen LogP contribution in [0.3, 0.4) is 0 Å². The number of rotatable bonds is 5. The van der Waals surface area contributed by atoms with E-state index >= 15 is 0 Å². The number of thiocarbonyl (C=S) groups is 1. The molecule has 1 atom stereocenters. The number of hydrogen-bond donors (Lipinski definition) is 2. The molecule has 0 saturated heterocycles. The molecule has 0 aliphatic carbocycles. The first kappa shape index (κ1) is 16.5. The molecule has 0 radical (unpaired) electrons. The Labute approximate surface area is 142 Å². The molecule has 2 rings (SSSR count). The second-order valence-corrected chi connectivity index (χ2v) is 6.83. The van der Waals surface area contributed by atoms with Gasteiger partial charge in [-0.25, -0.2) is 4.79 Å². The Balaban J connectivity index is 2.45. The lowest BCUT2D eigenvalue weighted by molar-refractivity contribution is -0.139. The minimum absolute atomic E-state index is 0.254. The summed E-state index contributed by atoms with van der Waals surface area (Å²) in [6.07, 6.45) is 1.69. The van der Waals surface area contributed by atoms with Gasteiger partial charge in [0.05, 0.1) is 18.2 Å². The number of carbonyl (C=O) groups excluding carboxylic acids is 1. The maximum atomic E-state index is 12.4. The molecule has 1 aromatic rings. The van der Waals surface area contributed by atoms with Crippen LogP contribution < -0.4 is 10.6 Å².